The minimum absolute atomic E-state index is 0.0267. The van der Waals surface area contributed by atoms with Crippen molar-refractivity contribution in [2.75, 3.05) is 6.61 Å². The summed E-state index contributed by atoms with van der Waals surface area (Å²) in [6.45, 7) is 4.51. The first-order valence-electron chi connectivity index (χ1n) is 11.9. The molecule has 0 saturated heterocycles. The summed E-state index contributed by atoms with van der Waals surface area (Å²) in [5.41, 5.74) is 1.14. The number of benzene rings is 2. The number of hydrogen-bond donors (Lipinski definition) is 0. The van der Waals surface area contributed by atoms with Crippen LogP contribution in [-0.4, -0.2) is 12.5 Å². The van der Waals surface area contributed by atoms with Crippen LogP contribution in [0.2, 0.25) is 0 Å². The van der Waals surface area contributed by atoms with Gasteiger partial charge in [0.1, 0.15) is 17.4 Å². The molecule has 1 fully saturated rings. The van der Waals surface area contributed by atoms with Crippen LogP contribution in [0.15, 0.2) is 36.4 Å². The highest BCUT2D eigenvalue weighted by Gasteiger charge is 2.41. The summed E-state index contributed by atoms with van der Waals surface area (Å²) < 4.78 is 63.6. The van der Waals surface area contributed by atoms with Gasteiger partial charge in [-0.3, -0.25) is 0 Å². The second-order valence-electron chi connectivity index (χ2n) is 9.00. The summed E-state index contributed by atoms with van der Waals surface area (Å²) in [6, 6.07) is 10.1. The number of rotatable bonds is 10. The molecule has 1 aliphatic rings. The van der Waals surface area contributed by atoms with E-state index in [1.807, 2.05) is 24.3 Å². The highest BCUT2D eigenvalue weighted by atomic mass is 19.3. The van der Waals surface area contributed by atoms with Crippen molar-refractivity contribution in [3.05, 3.63) is 64.7 Å². The van der Waals surface area contributed by atoms with Gasteiger partial charge in [-0.15, -0.1) is 0 Å². The third kappa shape index (κ3) is 6.26. The molecule has 1 aliphatic carbocycles. The van der Waals surface area contributed by atoms with Gasteiger partial charge < -0.3 is 4.74 Å². The van der Waals surface area contributed by atoms with Crippen molar-refractivity contribution in [2.24, 2.45) is 5.92 Å². The number of unbranched alkanes of at least 4 members (excludes halogenated alkanes) is 2. The summed E-state index contributed by atoms with van der Waals surface area (Å²) in [5, 5.41) is 0. The lowest BCUT2D eigenvalue weighted by Crippen LogP contribution is -2.33. The highest BCUT2D eigenvalue weighted by molar-refractivity contribution is 5.30. The van der Waals surface area contributed by atoms with Crippen molar-refractivity contribution in [3.63, 3.8) is 0 Å². The van der Waals surface area contributed by atoms with Gasteiger partial charge in [0.15, 0.2) is 0 Å². The first-order chi connectivity index (χ1) is 15.3. The van der Waals surface area contributed by atoms with Crippen LogP contribution < -0.4 is 4.74 Å². The third-order valence-corrected chi connectivity index (χ3v) is 6.69. The smallest absolute Gasteiger partial charge is 0.254 e. The van der Waals surface area contributed by atoms with Gasteiger partial charge >= 0.3 is 0 Å². The summed E-state index contributed by atoms with van der Waals surface area (Å²) in [4.78, 5) is 0. The summed E-state index contributed by atoms with van der Waals surface area (Å²) in [7, 11) is 0. The molecule has 176 valence electrons. The molecule has 3 rings (SSSR count). The molecular weight excluding hydrogens is 416 g/mol. The van der Waals surface area contributed by atoms with Crippen LogP contribution in [0.4, 0.5) is 17.6 Å². The molecule has 0 amide bonds. The monoisotopic (exact) mass is 450 g/mol. The molecule has 0 radical (unpaired) electrons. The Balaban J connectivity index is 1.54. The molecule has 0 N–H and O–H groups in total. The first kappa shape index (κ1) is 24.6. The van der Waals surface area contributed by atoms with Gasteiger partial charge in [-0.2, -0.15) is 0 Å². The minimum atomic E-state index is -2.98. The van der Waals surface area contributed by atoms with Crippen molar-refractivity contribution in [2.45, 2.75) is 83.5 Å². The fourth-order valence-corrected chi connectivity index (χ4v) is 4.74. The molecule has 0 heterocycles. The zero-order valence-corrected chi connectivity index (χ0v) is 19.1. The standard InChI is InChI=1S/C27H34F4O/c1-3-5-6-15-32-23-13-9-21(10-14-23)20-7-11-22(12-8-20)27(30,31)18-19-16-25(28)24(4-2)26(29)17-19/h9-10,13-14,16-17,20,22H,3-8,11-12,15,18H2,1-2H3. The van der Waals surface area contributed by atoms with Crippen molar-refractivity contribution < 1.29 is 22.3 Å². The number of alkyl halides is 2. The number of ether oxygens (including phenoxy) is 1. The Morgan fingerprint density at radius 2 is 1.53 bits per heavy atom. The van der Waals surface area contributed by atoms with Crippen LogP contribution in [0.25, 0.3) is 0 Å². The number of hydrogen-bond acceptors (Lipinski definition) is 1. The van der Waals surface area contributed by atoms with Crippen LogP contribution in [0.1, 0.15) is 81.4 Å². The zero-order chi connectivity index (χ0) is 23.1. The van der Waals surface area contributed by atoms with E-state index in [0.717, 1.165) is 42.7 Å². The second kappa shape index (κ2) is 11.2. The Bertz CT molecular complexity index is 831. The van der Waals surface area contributed by atoms with Crippen LogP contribution >= 0.6 is 0 Å². The van der Waals surface area contributed by atoms with Gasteiger partial charge in [-0.25, -0.2) is 17.6 Å². The van der Waals surface area contributed by atoms with E-state index in [4.69, 9.17) is 4.74 Å². The van der Waals surface area contributed by atoms with E-state index in [1.165, 1.54) is 0 Å². The molecule has 0 aliphatic heterocycles. The maximum absolute atomic E-state index is 14.9. The Morgan fingerprint density at radius 3 is 2.09 bits per heavy atom. The highest BCUT2D eigenvalue weighted by Crippen LogP contribution is 2.44. The van der Waals surface area contributed by atoms with Crippen LogP contribution in [0.5, 0.6) is 5.75 Å². The first-order valence-corrected chi connectivity index (χ1v) is 11.9. The van der Waals surface area contributed by atoms with Gasteiger partial charge in [0.2, 0.25) is 0 Å². The van der Waals surface area contributed by atoms with Gasteiger partial charge in [-0.1, -0.05) is 38.8 Å². The average molecular weight is 451 g/mol. The molecule has 0 aromatic heterocycles. The minimum Gasteiger partial charge on any atom is -0.494 e. The van der Waals surface area contributed by atoms with E-state index in [9.17, 15) is 17.6 Å². The molecule has 32 heavy (non-hydrogen) atoms. The Morgan fingerprint density at radius 1 is 0.906 bits per heavy atom. The van der Waals surface area contributed by atoms with E-state index >= 15 is 0 Å². The maximum Gasteiger partial charge on any atom is 0.254 e. The lowest BCUT2D eigenvalue weighted by molar-refractivity contribution is -0.0715. The van der Waals surface area contributed by atoms with E-state index in [0.29, 0.717) is 32.3 Å². The maximum atomic E-state index is 14.9. The molecule has 0 bridgehead atoms. The van der Waals surface area contributed by atoms with E-state index < -0.39 is 29.9 Å². The van der Waals surface area contributed by atoms with E-state index in [2.05, 4.69) is 6.92 Å². The molecule has 0 atom stereocenters. The van der Waals surface area contributed by atoms with Gasteiger partial charge in [-0.05, 0) is 79.8 Å². The fourth-order valence-electron chi connectivity index (χ4n) is 4.74. The summed E-state index contributed by atoms with van der Waals surface area (Å²) in [5.74, 6) is -4.11. The molecule has 5 heteroatoms. The Labute approximate surface area is 189 Å². The molecule has 0 spiro atoms. The van der Waals surface area contributed by atoms with E-state index in [1.54, 1.807) is 6.92 Å². The summed E-state index contributed by atoms with van der Waals surface area (Å²) in [6.07, 6.45) is 5.12. The van der Waals surface area contributed by atoms with Gasteiger partial charge in [0, 0.05) is 17.9 Å². The normalized spacial score (nSPS) is 19.2. The topological polar surface area (TPSA) is 9.23 Å². The van der Waals surface area contributed by atoms with E-state index in [-0.39, 0.29) is 23.5 Å². The molecule has 0 unspecified atom stereocenters. The molecule has 2 aromatic rings. The predicted molar refractivity (Wildman–Crippen MR) is 121 cm³/mol. The van der Waals surface area contributed by atoms with Crippen molar-refractivity contribution in [3.8, 4) is 5.75 Å². The Kier molecular flexibility index (Phi) is 8.61. The van der Waals surface area contributed by atoms with Crippen LogP contribution in [-0.2, 0) is 12.8 Å². The van der Waals surface area contributed by atoms with Crippen molar-refractivity contribution in [1.29, 1.82) is 0 Å². The van der Waals surface area contributed by atoms with Crippen LogP contribution in [0, 0.1) is 17.6 Å². The predicted octanol–water partition coefficient (Wildman–Crippen LogP) is 8.25. The lowest BCUT2D eigenvalue weighted by Gasteiger charge is -2.34. The third-order valence-electron chi connectivity index (χ3n) is 6.69. The average Bonchev–Trinajstić information content (AvgIpc) is 2.77. The fraction of sp³-hybridized carbons (Fsp3) is 0.556. The number of halogens is 4. The van der Waals surface area contributed by atoms with Gasteiger partial charge in [0.25, 0.3) is 5.92 Å². The van der Waals surface area contributed by atoms with Crippen molar-refractivity contribution in [1.82, 2.24) is 0 Å². The molecular formula is C27H34F4O. The lowest BCUT2D eigenvalue weighted by atomic mass is 9.75. The van der Waals surface area contributed by atoms with Crippen LogP contribution in [0.3, 0.4) is 0 Å². The zero-order valence-electron chi connectivity index (χ0n) is 19.1. The Hall–Kier alpha value is -2.04. The van der Waals surface area contributed by atoms with Gasteiger partial charge in [0.05, 0.1) is 6.61 Å². The molecule has 1 nitrogen and oxygen atoms in total. The quantitative estimate of drug-likeness (QED) is 0.262. The second-order valence-corrected chi connectivity index (χ2v) is 9.00. The molecule has 1 saturated carbocycles. The van der Waals surface area contributed by atoms with Crippen molar-refractivity contribution >= 4 is 0 Å². The molecule has 2 aromatic carbocycles. The largest absolute Gasteiger partial charge is 0.494 e. The summed E-state index contributed by atoms with van der Waals surface area (Å²) >= 11 is 0. The SMILES string of the molecule is CCCCCOc1ccc(C2CCC(C(F)(F)Cc3cc(F)c(CC)c(F)c3)CC2)cc1.